The molecule has 6 heteroatoms. The van der Waals surface area contributed by atoms with Gasteiger partial charge < -0.3 is 15.5 Å². The fourth-order valence-corrected chi connectivity index (χ4v) is 1.64. The number of nitrogens with zero attached hydrogens (tertiary/aromatic N) is 2. The molecule has 1 aromatic heterocycles. The molecule has 0 unspecified atom stereocenters. The summed E-state index contributed by atoms with van der Waals surface area (Å²) in [5.74, 6) is 8.17. The smallest absolute Gasteiger partial charge is 0.145 e. The number of rotatable bonds is 5. The van der Waals surface area contributed by atoms with E-state index in [0.29, 0.717) is 11.6 Å². The van der Waals surface area contributed by atoms with Gasteiger partial charge in [-0.05, 0) is 12.1 Å². The van der Waals surface area contributed by atoms with E-state index < -0.39 is 0 Å². The molecule has 1 heterocycles. The molecule has 0 aliphatic carbocycles. The Bertz CT molecular complexity index is 536. The third-order valence-corrected chi connectivity index (χ3v) is 2.58. The molecule has 2 aromatic rings. The van der Waals surface area contributed by atoms with Gasteiger partial charge in [0.1, 0.15) is 23.2 Å². The summed E-state index contributed by atoms with van der Waals surface area (Å²) >= 11 is 0. The van der Waals surface area contributed by atoms with Crippen LogP contribution in [-0.2, 0) is 6.42 Å². The highest BCUT2D eigenvalue weighted by Crippen LogP contribution is 2.21. The molecular weight excluding hydrogens is 242 g/mol. The summed E-state index contributed by atoms with van der Waals surface area (Å²) in [5.41, 5.74) is 3.43. The summed E-state index contributed by atoms with van der Waals surface area (Å²) < 4.78 is 5.18. The van der Waals surface area contributed by atoms with E-state index in [0.717, 1.165) is 23.7 Å². The number of ether oxygens (including phenoxy) is 1. The highest BCUT2D eigenvalue weighted by atomic mass is 16.5. The van der Waals surface area contributed by atoms with Crippen LogP contribution in [0.25, 0.3) is 0 Å². The number of hydrogen-bond acceptors (Lipinski definition) is 6. The van der Waals surface area contributed by atoms with Crippen LogP contribution in [0.4, 0.5) is 17.3 Å². The molecule has 0 radical (unpaired) electrons. The van der Waals surface area contributed by atoms with Crippen molar-refractivity contribution in [2.75, 3.05) is 17.9 Å². The van der Waals surface area contributed by atoms with E-state index >= 15 is 0 Å². The largest absolute Gasteiger partial charge is 0.497 e. The average molecular weight is 259 g/mol. The Morgan fingerprint density at radius 2 is 2.00 bits per heavy atom. The van der Waals surface area contributed by atoms with Gasteiger partial charge in [0.05, 0.1) is 7.11 Å². The minimum atomic E-state index is 0.581. The van der Waals surface area contributed by atoms with E-state index in [1.807, 2.05) is 31.2 Å². The zero-order valence-corrected chi connectivity index (χ0v) is 11.0. The van der Waals surface area contributed by atoms with E-state index in [2.05, 4.69) is 20.7 Å². The predicted octanol–water partition coefficient (Wildman–Crippen LogP) is 2.08. The van der Waals surface area contributed by atoms with E-state index in [1.165, 1.54) is 0 Å². The van der Waals surface area contributed by atoms with Crippen molar-refractivity contribution in [2.45, 2.75) is 13.3 Å². The van der Waals surface area contributed by atoms with Crippen molar-refractivity contribution in [2.24, 2.45) is 5.84 Å². The average Bonchev–Trinajstić information content (AvgIpc) is 2.47. The molecule has 100 valence electrons. The number of hydrazine groups is 1. The van der Waals surface area contributed by atoms with Gasteiger partial charge in [-0.3, -0.25) is 0 Å². The zero-order valence-electron chi connectivity index (χ0n) is 11.0. The number of anilines is 3. The van der Waals surface area contributed by atoms with Crippen LogP contribution in [0, 0.1) is 0 Å². The second-order valence-electron chi connectivity index (χ2n) is 3.91. The number of nitrogen functional groups attached to an aromatic ring is 1. The Morgan fingerprint density at radius 1 is 1.21 bits per heavy atom. The number of aromatic nitrogens is 2. The van der Waals surface area contributed by atoms with Crippen LogP contribution in [0.5, 0.6) is 5.75 Å². The summed E-state index contributed by atoms with van der Waals surface area (Å²) in [5, 5.41) is 3.20. The summed E-state index contributed by atoms with van der Waals surface area (Å²) in [4.78, 5) is 8.63. The SMILES string of the molecule is CCc1nc(NN)cc(Nc2cccc(OC)c2)n1. The van der Waals surface area contributed by atoms with Crippen molar-refractivity contribution in [3.8, 4) is 5.75 Å². The molecule has 2 rings (SSSR count). The Hall–Kier alpha value is -2.34. The van der Waals surface area contributed by atoms with E-state index in [4.69, 9.17) is 10.6 Å². The van der Waals surface area contributed by atoms with Crippen LogP contribution in [0.1, 0.15) is 12.7 Å². The predicted molar refractivity (Wildman–Crippen MR) is 75.5 cm³/mol. The van der Waals surface area contributed by atoms with Gasteiger partial charge in [0, 0.05) is 24.2 Å². The first-order chi connectivity index (χ1) is 9.25. The minimum absolute atomic E-state index is 0.581. The highest BCUT2D eigenvalue weighted by molar-refractivity contribution is 5.60. The maximum atomic E-state index is 5.39. The van der Waals surface area contributed by atoms with Gasteiger partial charge in [-0.1, -0.05) is 13.0 Å². The molecule has 0 aliphatic heterocycles. The summed E-state index contributed by atoms with van der Waals surface area (Å²) in [6, 6.07) is 9.37. The van der Waals surface area contributed by atoms with Crippen LogP contribution in [0.3, 0.4) is 0 Å². The van der Waals surface area contributed by atoms with Crippen LogP contribution >= 0.6 is 0 Å². The normalized spacial score (nSPS) is 10.1. The lowest BCUT2D eigenvalue weighted by atomic mass is 10.3. The van der Waals surface area contributed by atoms with Gasteiger partial charge in [-0.2, -0.15) is 0 Å². The first-order valence-corrected chi connectivity index (χ1v) is 6.00. The minimum Gasteiger partial charge on any atom is -0.497 e. The molecule has 0 bridgehead atoms. The zero-order chi connectivity index (χ0) is 13.7. The van der Waals surface area contributed by atoms with Gasteiger partial charge in [0.25, 0.3) is 0 Å². The van der Waals surface area contributed by atoms with E-state index in [1.54, 1.807) is 13.2 Å². The Labute approximate surface area is 112 Å². The maximum Gasteiger partial charge on any atom is 0.145 e. The van der Waals surface area contributed by atoms with Crippen LogP contribution < -0.4 is 21.3 Å². The highest BCUT2D eigenvalue weighted by Gasteiger charge is 2.03. The second-order valence-corrected chi connectivity index (χ2v) is 3.91. The Balaban J connectivity index is 2.26. The van der Waals surface area contributed by atoms with Crippen molar-refractivity contribution in [3.05, 3.63) is 36.2 Å². The molecule has 0 aliphatic rings. The van der Waals surface area contributed by atoms with E-state index in [-0.39, 0.29) is 0 Å². The van der Waals surface area contributed by atoms with Crippen LogP contribution in [-0.4, -0.2) is 17.1 Å². The van der Waals surface area contributed by atoms with Crippen molar-refractivity contribution in [1.29, 1.82) is 0 Å². The fourth-order valence-electron chi connectivity index (χ4n) is 1.64. The van der Waals surface area contributed by atoms with Crippen LogP contribution in [0.2, 0.25) is 0 Å². The standard InChI is InChI=1S/C13H17N5O/c1-3-11-16-12(8-13(17-11)18-14)15-9-5-4-6-10(7-9)19-2/h4-8H,3,14H2,1-2H3,(H2,15,16,17,18). The summed E-state index contributed by atoms with van der Waals surface area (Å²) in [6.07, 6.45) is 0.738. The molecule has 0 saturated heterocycles. The molecule has 0 fully saturated rings. The Morgan fingerprint density at radius 3 is 2.68 bits per heavy atom. The number of nitrogens with one attached hydrogen (secondary N) is 2. The monoisotopic (exact) mass is 259 g/mol. The number of benzene rings is 1. The number of hydrogen-bond donors (Lipinski definition) is 3. The molecular formula is C13H17N5O. The van der Waals surface area contributed by atoms with Gasteiger partial charge in [-0.25, -0.2) is 15.8 Å². The molecule has 19 heavy (non-hydrogen) atoms. The lowest BCUT2D eigenvalue weighted by Gasteiger charge is -2.10. The molecule has 4 N–H and O–H groups in total. The third-order valence-electron chi connectivity index (χ3n) is 2.58. The lowest BCUT2D eigenvalue weighted by molar-refractivity contribution is 0.415. The topological polar surface area (TPSA) is 85.1 Å². The molecule has 0 atom stereocenters. The fraction of sp³-hybridized carbons (Fsp3) is 0.231. The molecule has 6 nitrogen and oxygen atoms in total. The van der Waals surface area contributed by atoms with Crippen molar-refractivity contribution >= 4 is 17.3 Å². The second kappa shape index (κ2) is 6.01. The number of methoxy groups -OCH3 is 1. The van der Waals surface area contributed by atoms with Crippen molar-refractivity contribution in [1.82, 2.24) is 9.97 Å². The van der Waals surface area contributed by atoms with Gasteiger partial charge >= 0.3 is 0 Å². The molecule has 0 spiro atoms. The summed E-state index contributed by atoms with van der Waals surface area (Å²) in [6.45, 7) is 1.99. The molecule has 1 aromatic carbocycles. The molecule has 0 amide bonds. The first-order valence-electron chi connectivity index (χ1n) is 6.00. The lowest BCUT2D eigenvalue weighted by Crippen LogP contribution is -2.11. The van der Waals surface area contributed by atoms with Crippen molar-refractivity contribution < 1.29 is 4.74 Å². The van der Waals surface area contributed by atoms with Gasteiger partial charge in [0.2, 0.25) is 0 Å². The Kier molecular flexibility index (Phi) is 4.15. The number of aryl methyl sites for hydroxylation is 1. The van der Waals surface area contributed by atoms with Crippen molar-refractivity contribution in [3.63, 3.8) is 0 Å². The quantitative estimate of drug-likeness (QED) is 0.563. The van der Waals surface area contributed by atoms with Crippen LogP contribution in [0.15, 0.2) is 30.3 Å². The van der Waals surface area contributed by atoms with Gasteiger partial charge in [0.15, 0.2) is 0 Å². The first kappa shape index (κ1) is 13.1. The molecule has 0 saturated carbocycles. The van der Waals surface area contributed by atoms with Gasteiger partial charge in [-0.15, -0.1) is 0 Å². The maximum absolute atomic E-state index is 5.39. The van der Waals surface area contributed by atoms with E-state index in [9.17, 15) is 0 Å². The third kappa shape index (κ3) is 3.32. The summed E-state index contributed by atoms with van der Waals surface area (Å²) in [7, 11) is 1.63. The number of nitrogens with two attached hydrogens (primary N) is 1.